The molecule has 2 N–H and O–H groups in total. The fourth-order valence-corrected chi connectivity index (χ4v) is 2.96. The minimum absolute atomic E-state index is 0.0783. The van der Waals surface area contributed by atoms with E-state index in [1.165, 1.54) is 0 Å². The lowest BCUT2D eigenvalue weighted by Gasteiger charge is -2.29. The first-order valence-electron chi connectivity index (χ1n) is 7.01. The first kappa shape index (κ1) is 14.0. The van der Waals surface area contributed by atoms with Crippen molar-refractivity contribution in [2.45, 2.75) is 32.2 Å². The highest BCUT2D eigenvalue weighted by Crippen LogP contribution is 2.33. The van der Waals surface area contributed by atoms with Crippen LogP contribution in [0.3, 0.4) is 0 Å². The Morgan fingerprint density at radius 3 is 2.79 bits per heavy atom. The molecular formula is C15H23N3O. The van der Waals surface area contributed by atoms with Crippen molar-refractivity contribution < 1.29 is 4.79 Å². The van der Waals surface area contributed by atoms with Gasteiger partial charge in [-0.25, -0.2) is 0 Å². The first-order valence-corrected chi connectivity index (χ1v) is 7.01. The number of carbonyl (C=O) groups excluding carboxylic acids is 1. The number of hydrogen-bond acceptors (Lipinski definition) is 3. The minimum Gasteiger partial charge on any atom is -0.339 e. The third kappa shape index (κ3) is 2.95. The molecule has 1 unspecified atom stereocenters. The summed E-state index contributed by atoms with van der Waals surface area (Å²) in [5.41, 5.74) is 6.89. The number of aromatic nitrogens is 1. The molecule has 1 amide bonds. The monoisotopic (exact) mass is 261 g/mol. The van der Waals surface area contributed by atoms with Gasteiger partial charge in [0, 0.05) is 25.4 Å². The van der Waals surface area contributed by atoms with Crippen molar-refractivity contribution in [3.63, 3.8) is 0 Å². The fraction of sp³-hybridized carbons (Fsp3) is 0.600. The molecule has 19 heavy (non-hydrogen) atoms. The van der Waals surface area contributed by atoms with E-state index in [2.05, 4.69) is 11.9 Å². The van der Waals surface area contributed by atoms with Gasteiger partial charge in [-0.15, -0.1) is 0 Å². The predicted octanol–water partition coefficient (Wildman–Crippen LogP) is 1.98. The highest BCUT2D eigenvalue weighted by atomic mass is 16.2. The molecule has 0 radical (unpaired) electrons. The molecule has 1 aromatic heterocycles. The van der Waals surface area contributed by atoms with Crippen molar-refractivity contribution in [1.29, 1.82) is 0 Å². The Balaban J connectivity index is 2.06. The zero-order valence-corrected chi connectivity index (χ0v) is 11.7. The molecule has 1 heterocycles. The Morgan fingerprint density at radius 1 is 1.47 bits per heavy atom. The van der Waals surface area contributed by atoms with Gasteiger partial charge in [0.05, 0.1) is 6.04 Å². The molecule has 4 nitrogen and oxygen atoms in total. The van der Waals surface area contributed by atoms with E-state index < -0.39 is 0 Å². The maximum absolute atomic E-state index is 12.6. The summed E-state index contributed by atoms with van der Waals surface area (Å²) in [4.78, 5) is 18.5. The normalized spacial score (nSPS) is 24.2. The first-order chi connectivity index (χ1) is 9.15. The zero-order valence-electron chi connectivity index (χ0n) is 11.7. The van der Waals surface area contributed by atoms with Gasteiger partial charge in [-0.3, -0.25) is 9.78 Å². The molecule has 1 aliphatic rings. The van der Waals surface area contributed by atoms with E-state index in [4.69, 9.17) is 5.73 Å². The van der Waals surface area contributed by atoms with Gasteiger partial charge in [-0.2, -0.15) is 0 Å². The maximum Gasteiger partial charge on any atom is 0.226 e. The van der Waals surface area contributed by atoms with Crippen LogP contribution in [-0.2, 0) is 4.79 Å². The Labute approximate surface area is 115 Å². The van der Waals surface area contributed by atoms with E-state index in [9.17, 15) is 4.79 Å². The molecule has 0 spiro atoms. The Kier molecular flexibility index (Phi) is 4.53. The number of nitrogens with two attached hydrogens (primary N) is 1. The predicted molar refractivity (Wildman–Crippen MR) is 75.3 cm³/mol. The van der Waals surface area contributed by atoms with Crippen LogP contribution in [0.1, 0.15) is 37.8 Å². The smallest absolute Gasteiger partial charge is 0.226 e. The van der Waals surface area contributed by atoms with E-state index in [1.54, 1.807) is 12.4 Å². The second-order valence-electron chi connectivity index (χ2n) is 5.44. The van der Waals surface area contributed by atoms with E-state index in [1.807, 2.05) is 24.1 Å². The molecule has 0 bridgehead atoms. The largest absolute Gasteiger partial charge is 0.339 e. The summed E-state index contributed by atoms with van der Waals surface area (Å²) in [5.74, 6) is 0.705. The summed E-state index contributed by atoms with van der Waals surface area (Å²) in [6.07, 6.45) is 6.72. The second-order valence-corrected chi connectivity index (χ2v) is 5.44. The Bertz CT molecular complexity index is 421. The highest BCUT2D eigenvalue weighted by molar-refractivity contribution is 5.79. The molecule has 0 aromatic carbocycles. The van der Waals surface area contributed by atoms with Crippen molar-refractivity contribution in [3.05, 3.63) is 30.1 Å². The van der Waals surface area contributed by atoms with Crippen LogP contribution < -0.4 is 5.73 Å². The lowest BCUT2D eigenvalue weighted by atomic mass is 9.94. The van der Waals surface area contributed by atoms with Gasteiger partial charge in [-0.1, -0.05) is 6.42 Å². The average Bonchev–Trinajstić information content (AvgIpc) is 2.94. The molecule has 0 saturated heterocycles. The summed E-state index contributed by atoms with van der Waals surface area (Å²) in [7, 11) is 1.89. The summed E-state index contributed by atoms with van der Waals surface area (Å²) in [6.45, 7) is 2.67. The van der Waals surface area contributed by atoms with E-state index in [-0.39, 0.29) is 17.9 Å². The van der Waals surface area contributed by atoms with Gasteiger partial charge in [-0.05, 0) is 49.9 Å². The SMILES string of the molecule is CC(c1ccncc1)N(C)C(=O)[C@@H]1CCC[C@@H]1CN. The van der Waals surface area contributed by atoms with Crippen molar-refractivity contribution in [2.24, 2.45) is 17.6 Å². The topological polar surface area (TPSA) is 59.2 Å². The van der Waals surface area contributed by atoms with Crippen LogP contribution in [-0.4, -0.2) is 29.4 Å². The van der Waals surface area contributed by atoms with Crippen LogP contribution in [0.5, 0.6) is 0 Å². The third-order valence-corrected chi connectivity index (χ3v) is 4.40. The molecule has 2 rings (SSSR count). The lowest BCUT2D eigenvalue weighted by molar-refractivity contribution is -0.137. The van der Waals surface area contributed by atoms with Crippen molar-refractivity contribution in [1.82, 2.24) is 9.88 Å². The van der Waals surface area contributed by atoms with Gasteiger partial charge >= 0.3 is 0 Å². The molecule has 3 atom stereocenters. The molecular weight excluding hydrogens is 238 g/mol. The van der Waals surface area contributed by atoms with Gasteiger partial charge in [0.1, 0.15) is 0 Å². The molecule has 1 aliphatic carbocycles. The Hall–Kier alpha value is -1.42. The number of rotatable bonds is 4. The number of amides is 1. The van der Waals surface area contributed by atoms with Crippen LogP contribution >= 0.6 is 0 Å². The van der Waals surface area contributed by atoms with Gasteiger partial charge in [0.15, 0.2) is 0 Å². The van der Waals surface area contributed by atoms with Crippen LogP contribution in [0.4, 0.5) is 0 Å². The van der Waals surface area contributed by atoms with Crippen LogP contribution in [0, 0.1) is 11.8 Å². The van der Waals surface area contributed by atoms with Crippen molar-refractivity contribution >= 4 is 5.91 Å². The molecule has 4 heteroatoms. The highest BCUT2D eigenvalue weighted by Gasteiger charge is 2.34. The van der Waals surface area contributed by atoms with Crippen LogP contribution in [0.2, 0.25) is 0 Å². The number of pyridine rings is 1. The van der Waals surface area contributed by atoms with Crippen molar-refractivity contribution in [3.8, 4) is 0 Å². The summed E-state index contributed by atoms with van der Waals surface area (Å²) < 4.78 is 0. The van der Waals surface area contributed by atoms with Crippen LogP contribution in [0.25, 0.3) is 0 Å². The summed E-state index contributed by atoms with van der Waals surface area (Å²) >= 11 is 0. The van der Waals surface area contributed by atoms with Gasteiger partial charge in [0.25, 0.3) is 0 Å². The van der Waals surface area contributed by atoms with Crippen molar-refractivity contribution in [2.75, 3.05) is 13.6 Å². The van der Waals surface area contributed by atoms with Crippen LogP contribution in [0.15, 0.2) is 24.5 Å². The number of nitrogens with zero attached hydrogens (tertiary/aromatic N) is 2. The Morgan fingerprint density at radius 2 is 2.16 bits per heavy atom. The minimum atomic E-state index is 0.0783. The molecule has 1 fully saturated rings. The van der Waals surface area contributed by atoms with Gasteiger partial charge < -0.3 is 10.6 Å². The van der Waals surface area contributed by atoms with Gasteiger partial charge in [0.2, 0.25) is 5.91 Å². The summed E-state index contributed by atoms with van der Waals surface area (Å²) in [6, 6.07) is 4.00. The molecule has 0 aliphatic heterocycles. The zero-order chi connectivity index (χ0) is 13.8. The average molecular weight is 261 g/mol. The fourth-order valence-electron chi connectivity index (χ4n) is 2.96. The quantitative estimate of drug-likeness (QED) is 0.901. The molecule has 104 valence electrons. The second kappa shape index (κ2) is 6.15. The number of hydrogen-bond donors (Lipinski definition) is 1. The summed E-state index contributed by atoms with van der Waals surface area (Å²) in [5, 5.41) is 0. The molecule has 1 aromatic rings. The number of carbonyl (C=O) groups is 1. The standard InChI is InChI=1S/C15H23N3O/c1-11(12-6-8-17-9-7-12)18(2)15(19)14-5-3-4-13(14)10-16/h6-9,11,13-14H,3-5,10,16H2,1-2H3/t11?,13-,14-/m1/s1. The lowest BCUT2D eigenvalue weighted by Crippen LogP contribution is -2.38. The third-order valence-electron chi connectivity index (χ3n) is 4.40. The van der Waals surface area contributed by atoms with E-state index in [0.29, 0.717) is 12.5 Å². The van der Waals surface area contributed by atoms with E-state index in [0.717, 1.165) is 24.8 Å². The van der Waals surface area contributed by atoms with E-state index >= 15 is 0 Å². The molecule has 1 saturated carbocycles. The maximum atomic E-state index is 12.6.